The van der Waals surface area contributed by atoms with Crippen LogP contribution in [-0.2, 0) is 6.42 Å². The number of nitrogens with zero attached hydrogens (tertiary/aromatic N) is 2. The molecule has 16 heavy (non-hydrogen) atoms. The van der Waals surface area contributed by atoms with Crippen molar-refractivity contribution in [3.05, 3.63) is 17.2 Å². The highest BCUT2D eigenvalue weighted by atomic mass is 16.3. The first-order chi connectivity index (χ1) is 7.65. The van der Waals surface area contributed by atoms with E-state index in [1.807, 2.05) is 13.8 Å². The van der Waals surface area contributed by atoms with E-state index in [1.165, 1.54) is 25.7 Å². The van der Waals surface area contributed by atoms with E-state index >= 15 is 0 Å². The van der Waals surface area contributed by atoms with Crippen molar-refractivity contribution in [2.75, 3.05) is 0 Å². The molecule has 0 saturated heterocycles. The Morgan fingerprint density at radius 3 is 2.06 bits per heavy atom. The van der Waals surface area contributed by atoms with Crippen LogP contribution < -0.4 is 0 Å². The Morgan fingerprint density at radius 2 is 1.50 bits per heavy atom. The molecule has 90 valence electrons. The smallest absolute Gasteiger partial charge is 0.158 e. The molecule has 0 aliphatic heterocycles. The summed E-state index contributed by atoms with van der Waals surface area (Å²) in [6, 6.07) is 0. The zero-order chi connectivity index (χ0) is 12.0. The molecule has 0 aromatic carbocycles. The summed E-state index contributed by atoms with van der Waals surface area (Å²) >= 11 is 0. The van der Waals surface area contributed by atoms with Crippen LogP contribution in [0.3, 0.4) is 0 Å². The summed E-state index contributed by atoms with van der Waals surface area (Å²) in [4.78, 5) is 8.58. The van der Waals surface area contributed by atoms with Gasteiger partial charge in [0.1, 0.15) is 5.82 Å². The summed E-state index contributed by atoms with van der Waals surface area (Å²) in [5.41, 5.74) is 1.38. The molecule has 0 spiro atoms. The van der Waals surface area contributed by atoms with E-state index in [-0.39, 0.29) is 5.75 Å². The largest absolute Gasteiger partial charge is 0.504 e. The first-order valence-electron chi connectivity index (χ1n) is 6.18. The minimum absolute atomic E-state index is 0.231. The zero-order valence-electron chi connectivity index (χ0n) is 10.6. The lowest BCUT2D eigenvalue weighted by Crippen LogP contribution is -2.00. The van der Waals surface area contributed by atoms with Crippen LogP contribution in [0.5, 0.6) is 5.75 Å². The summed E-state index contributed by atoms with van der Waals surface area (Å²) in [5.74, 6) is 1.10. The fraction of sp³-hybridized carbons (Fsp3) is 0.692. The maximum atomic E-state index is 9.55. The summed E-state index contributed by atoms with van der Waals surface area (Å²) in [6.45, 7) is 5.87. The van der Waals surface area contributed by atoms with Crippen molar-refractivity contribution in [1.29, 1.82) is 0 Å². The highest BCUT2D eigenvalue weighted by Crippen LogP contribution is 2.17. The van der Waals surface area contributed by atoms with Gasteiger partial charge in [0.05, 0.1) is 11.4 Å². The van der Waals surface area contributed by atoms with Crippen LogP contribution >= 0.6 is 0 Å². The maximum absolute atomic E-state index is 9.55. The van der Waals surface area contributed by atoms with Crippen molar-refractivity contribution in [2.45, 2.75) is 59.3 Å². The zero-order valence-corrected chi connectivity index (χ0v) is 10.6. The third kappa shape index (κ3) is 3.80. The molecule has 0 aliphatic carbocycles. The Bertz CT molecular complexity index is 314. The van der Waals surface area contributed by atoms with Crippen LogP contribution in [0.1, 0.15) is 56.2 Å². The molecule has 0 radical (unpaired) electrons. The molecule has 1 heterocycles. The van der Waals surface area contributed by atoms with E-state index in [1.54, 1.807) is 0 Å². The van der Waals surface area contributed by atoms with Gasteiger partial charge in [-0.2, -0.15) is 0 Å². The molecule has 0 amide bonds. The highest BCUT2D eigenvalue weighted by Gasteiger charge is 2.06. The summed E-state index contributed by atoms with van der Waals surface area (Å²) in [5, 5.41) is 9.55. The van der Waals surface area contributed by atoms with Crippen LogP contribution in [0.25, 0.3) is 0 Å². The lowest BCUT2D eigenvalue weighted by atomic mass is 10.1. The topological polar surface area (TPSA) is 46.0 Å². The average molecular weight is 222 g/mol. The summed E-state index contributed by atoms with van der Waals surface area (Å²) in [6.07, 6.45) is 7.19. The average Bonchev–Trinajstić information content (AvgIpc) is 2.25. The molecule has 1 aromatic rings. The van der Waals surface area contributed by atoms with Crippen molar-refractivity contribution < 1.29 is 5.11 Å². The second-order valence-corrected chi connectivity index (χ2v) is 4.32. The van der Waals surface area contributed by atoms with Gasteiger partial charge >= 0.3 is 0 Å². The number of aryl methyl sites for hydroxylation is 3. The Morgan fingerprint density at radius 1 is 0.938 bits per heavy atom. The third-order valence-electron chi connectivity index (χ3n) is 2.78. The number of rotatable bonds is 6. The molecule has 1 aromatic heterocycles. The lowest BCUT2D eigenvalue weighted by Gasteiger charge is -2.05. The Labute approximate surface area is 97.9 Å². The predicted molar refractivity (Wildman–Crippen MR) is 65.6 cm³/mol. The quantitative estimate of drug-likeness (QED) is 0.751. The maximum Gasteiger partial charge on any atom is 0.158 e. The van der Waals surface area contributed by atoms with Gasteiger partial charge in [-0.05, 0) is 20.3 Å². The molecule has 0 bridgehead atoms. The first kappa shape index (κ1) is 12.9. The second kappa shape index (κ2) is 6.46. The fourth-order valence-electron chi connectivity index (χ4n) is 1.78. The molecule has 0 atom stereocenters. The number of unbranched alkanes of at least 4 members (excludes halogenated alkanes) is 4. The first-order valence-corrected chi connectivity index (χ1v) is 6.18. The molecule has 0 saturated carbocycles. The monoisotopic (exact) mass is 222 g/mol. The molecule has 1 N–H and O–H groups in total. The normalized spacial score (nSPS) is 10.7. The van der Waals surface area contributed by atoms with Gasteiger partial charge in [0.2, 0.25) is 0 Å². The summed E-state index contributed by atoms with van der Waals surface area (Å²) in [7, 11) is 0. The van der Waals surface area contributed by atoms with Crippen molar-refractivity contribution in [2.24, 2.45) is 0 Å². The summed E-state index contributed by atoms with van der Waals surface area (Å²) < 4.78 is 0. The Balaban J connectivity index is 2.43. The standard InChI is InChI=1S/C13H22N2O/c1-4-5-6-7-8-9-12-14-10(2)13(16)11(3)15-12/h16H,4-9H2,1-3H3. The van der Waals surface area contributed by atoms with E-state index in [9.17, 15) is 5.11 Å². The Hall–Kier alpha value is -1.12. The molecule has 3 heteroatoms. The fourth-order valence-corrected chi connectivity index (χ4v) is 1.78. The van der Waals surface area contributed by atoms with Crippen LogP contribution in [0.4, 0.5) is 0 Å². The van der Waals surface area contributed by atoms with Crippen molar-refractivity contribution >= 4 is 0 Å². The molecule has 1 rings (SSSR count). The number of hydrogen-bond donors (Lipinski definition) is 1. The molecule has 0 unspecified atom stereocenters. The molecule has 0 fully saturated rings. The van der Waals surface area contributed by atoms with Crippen LogP contribution in [0.15, 0.2) is 0 Å². The van der Waals surface area contributed by atoms with E-state index in [0.29, 0.717) is 11.4 Å². The number of aromatic nitrogens is 2. The third-order valence-corrected chi connectivity index (χ3v) is 2.78. The van der Waals surface area contributed by atoms with Crippen LogP contribution in [0, 0.1) is 13.8 Å². The van der Waals surface area contributed by atoms with E-state index < -0.39 is 0 Å². The molecule has 0 aliphatic rings. The van der Waals surface area contributed by atoms with Gasteiger partial charge in [-0.3, -0.25) is 0 Å². The number of aromatic hydroxyl groups is 1. The SMILES string of the molecule is CCCCCCCc1nc(C)c(O)c(C)n1. The van der Waals surface area contributed by atoms with Crippen molar-refractivity contribution in [3.63, 3.8) is 0 Å². The highest BCUT2D eigenvalue weighted by molar-refractivity contribution is 5.29. The predicted octanol–water partition coefficient (Wildman–Crippen LogP) is 3.31. The van der Waals surface area contributed by atoms with E-state index in [2.05, 4.69) is 16.9 Å². The van der Waals surface area contributed by atoms with Crippen molar-refractivity contribution in [1.82, 2.24) is 9.97 Å². The molecule has 3 nitrogen and oxygen atoms in total. The lowest BCUT2D eigenvalue weighted by molar-refractivity contribution is 0.457. The second-order valence-electron chi connectivity index (χ2n) is 4.32. The molecular formula is C13H22N2O. The van der Waals surface area contributed by atoms with E-state index in [4.69, 9.17) is 0 Å². The van der Waals surface area contributed by atoms with Gasteiger partial charge in [-0.25, -0.2) is 9.97 Å². The van der Waals surface area contributed by atoms with Gasteiger partial charge in [-0.1, -0.05) is 32.6 Å². The van der Waals surface area contributed by atoms with Gasteiger partial charge in [-0.15, -0.1) is 0 Å². The van der Waals surface area contributed by atoms with Crippen LogP contribution in [0.2, 0.25) is 0 Å². The van der Waals surface area contributed by atoms with Crippen LogP contribution in [-0.4, -0.2) is 15.1 Å². The van der Waals surface area contributed by atoms with Crippen molar-refractivity contribution in [3.8, 4) is 5.75 Å². The van der Waals surface area contributed by atoms with Gasteiger partial charge in [0.15, 0.2) is 5.75 Å². The van der Waals surface area contributed by atoms with Gasteiger partial charge in [0.25, 0.3) is 0 Å². The Kier molecular flexibility index (Phi) is 5.23. The minimum Gasteiger partial charge on any atom is -0.504 e. The van der Waals surface area contributed by atoms with Gasteiger partial charge in [0, 0.05) is 6.42 Å². The molecular weight excluding hydrogens is 200 g/mol. The van der Waals surface area contributed by atoms with E-state index in [0.717, 1.165) is 18.7 Å². The van der Waals surface area contributed by atoms with Gasteiger partial charge < -0.3 is 5.11 Å². The number of hydrogen-bond acceptors (Lipinski definition) is 3. The minimum atomic E-state index is 0.231.